The first-order valence-corrected chi connectivity index (χ1v) is 10.1. The molecular formula is C27H33N. The molecule has 0 aliphatic carbocycles. The standard InChI is InChI=1S/C27H33N/c1-20-9-8-10-25(19-20)28(27(5,6)7)24-17-13-22(14-18-24)21-11-15-23(16-12-21)26(2,3)4/h8-19H,1-7H3. The summed E-state index contributed by atoms with van der Waals surface area (Å²) in [5.41, 5.74) is 7.78. The Morgan fingerprint density at radius 3 is 1.61 bits per heavy atom. The minimum absolute atomic E-state index is 0.0103. The zero-order valence-corrected chi connectivity index (χ0v) is 18.4. The van der Waals surface area contributed by atoms with Gasteiger partial charge >= 0.3 is 0 Å². The van der Waals surface area contributed by atoms with Crippen molar-refractivity contribution < 1.29 is 0 Å². The highest BCUT2D eigenvalue weighted by Crippen LogP contribution is 2.35. The van der Waals surface area contributed by atoms with Crippen molar-refractivity contribution in [2.24, 2.45) is 0 Å². The van der Waals surface area contributed by atoms with Crippen LogP contribution in [0.1, 0.15) is 52.7 Å². The molecule has 0 amide bonds. The molecule has 1 nitrogen and oxygen atoms in total. The van der Waals surface area contributed by atoms with E-state index in [1.807, 2.05) is 0 Å². The Balaban J connectivity index is 1.94. The Morgan fingerprint density at radius 2 is 1.14 bits per heavy atom. The van der Waals surface area contributed by atoms with Crippen LogP contribution in [0.3, 0.4) is 0 Å². The van der Waals surface area contributed by atoms with Crippen LogP contribution < -0.4 is 4.90 Å². The zero-order valence-electron chi connectivity index (χ0n) is 18.4. The maximum Gasteiger partial charge on any atom is 0.0418 e. The summed E-state index contributed by atoms with van der Waals surface area (Å²) in [6.07, 6.45) is 0. The fraction of sp³-hybridized carbons (Fsp3) is 0.333. The van der Waals surface area contributed by atoms with E-state index in [-0.39, 0.29) is 11.0 Å². The van der Waals surface area contributed by atoms with E-state index in [4.69, 9.17) is 0 Å². The van der Waals surface area contributed by atoms with Crippen LogP contribution in [0.25, 0.3) is 11.1 Å². The summed E-state index contributed by atoms with van der Waals surface area (Å²) in [5, 5.41) is 0. The average Bonchev–Trinajstić information content (AvgIpc) is 2.61. The first-order valence-electron chi connectivity index (χ1n) is 10.1. The predicted octanol–water partition coefficient (Wildman–Crippen LogP) is 7.90. The van der Waals surface area contributed by atoms with Crippen LogP contribution in [0.2, 0.25) is 0 Å². The summed E-state index contributed by atoms with van der Waals surface area (Å²) < 4.78 is 0. The van der Waals surface area contributed by atoms with E-state index in [2.05, 4.69) is 126 Å². The Kier molecular flexibility index (Phi) is 5.39. The monoisotopic (exact) mass is 371 g/mol. The second kappa shape index (κ2) is 7.47. The minimum atomic E-state index is -0.0103. The molecule has 3 rings (SSSR count). The Labute approximate surface area is 171 Å². The molecule has 1 heteroatoms. The SMILES string of the molecule is Cc1cccc(N(c2ccc(-c3ccc(C(C)(C)C)cc3)cc2)C(C)(C)C)c1. The van der Waals surface area contributed by atoms with Crippen LogP contribution in [0, 0.1) is 6.92 Å². The van der Waals surface area contributed by atoms with E-state index in [1.54, 1.807) is 0 Å². The molecule has 28 heavy (non-hydrogen) atoms. The molecule has 0 atom stereocenters. The number of rotatable bonds is 3. The quantitative estimate of drug-likeness (QED) is 0.452. The zero-order chi connectivity index (χ0) is 20.5. The van der Waals surface area contributed by atoms with Gasteiger partial charge in [0.25, 0.3) is 0 Å². The normalized spacial score (nSPS) is 12.1. The smallest absolute Gasteiger partial charge is 0.0418 e. The van der Waals surface area contributed by atoms with Crippen LogP contribution in [0.4, 0.5) is 11.4 Å². The van der Waals surface area contributed by atoms with Crippen LogP contribution >= 0.6 is 0 Å². The number of aryl methyl sites for hydroxylation is 1. The van der Waals surface area contributed by atoms with E-state index in [1.165, 1.54) is 33.6 Å². The second-order valence-electron chi connectivity index (χ2n) is 9.72. The maximum atomic E-state index is 2.41. The molecule has 0 heterocycles. The molecule has 0 bridgehead atoms. The first-order chi connectivity index (χ1) is 13.1. The van der Waals surface area contributed by atoms with Crippen molar-refractivity contribution in [3.05, 3.63) is 83.9 Å². The van der Waals surface area contributed by atoms with Crippen LogP contribution in [0.5, 0.6) is 0 Å². The highest BCUT2D eigenvalue weighted by Gasteiger charge is 2.23. The summed E-state index contributed by atoms with van der Waals surface area (Å²) in [5.74, 6) is 0. The Bertz CT molecular complexity index is 920. The van der Waals surface area contributed by atoms with Gasteiger partial charge in [-0.1, -0.05) is 69.3 Å². The van der Waals surface area contributed by atoms with Gasteiger partial charge in [-0.3, -0.25) is 0 Å². The lowest BCUT2D eigenvalue weighted by molar-refractivity contribution is 0.560. The van der Waals surface area contributed by atoms with Crippen molar-refractivity contribution in [3.63, 3.8) is 0 Å². The van der Waals surface area contributed by atoms with Crippen molar-refractivity contribution in [1.82, 2.24) is 0 Å². The largest absolute Gasteiger partial charge is 0.336 e. The number of hydrogen-bond acceptors (Lipinski definition) is 1. The number of benzene rings is 3. The second-order valence-corrected chi connectivity index (χ2v) is 9.72. The van der Waals surface area contributed by atoms with E-state index >= 15 is 0 Å². The number of nitrogens with zero attached hydrogens (tertiary/aromatic N) is 1. The third-order valence-corrected chi connectivity index (χ3v) is 5.14. The maximum absolute atomic E-state index is 2.41. The highest BCUT2D eigenvalue weighted by atomic mass is 15.2. The van der Waals surface area contributed by atoms with Crippen molar-refractivity contribution in [2.75, 3.05) is 4.90 Å². The number of anilines is 2. The molecule has 0 aliphatic rings. The van der Waals surface area contributed by atoms with Gasteiger partial charge in [-0.2, -0.15) is 0 Å². The lowest BCUT2D eigenvalue weighted by atomic mass is 9.86. The van der Waals surface area contributed by atoms with Crippen molar-refractivity contribution in [2.45, 2.75) is 59.4 Å². The lowest BCUT2D eigenvalue weighted by Crippen LogP contribution is -2.37. The van der Waals surface area contributed by atoms with Gasteiger partial charge in [0.15, 0.2) is 0 Å². The molecule has 0 fully saturated rings. The molecule has 0 aliphatic heterocycles. The van der Waals surface area contributed by atoms with Gasteiger partial charge in [-0.05, 0) is 79.6 Å². The lowest BCUT2D eigenvalue weighted by Gasteiger charge is -2.38. The van der Waals surface area contributed by atoms with Gasteiger partial charge < -0.3 is 4.90 Å². The third-order valence-electron chi connectivity index (χ3n) is 5.14. The first kappa shape index (κ1) is 20.2. The van der Waals surface area contributed by atoms with Gasteiger partial charge in [0.05, 0.1) is 0 Å². The number of hydrogen-bond donors (Lipinski definition) is 0. The summed E-state index contributed by atoms with van der Waals surface area (Å²) in [6, 6.07) is 26.6. The molecule has 0 aromatic heterocycles. The molecule has 3 aromatic carbocycles. The van der Waals surface area contributed by atoms with Crippen LogP contribution in [0.15, 0.2) is 72.8 Å². The van der Waals surface area contributed by atoms with E-state index in [0.717, 1.165) is 0 Å². The third kappa shape index (κ3) is 4.47. The van der Waals surface area contributed by atoms with Crippen molar-refractivity contribution in [1.29, 1.82) is 0 Å². The van der Waals surface area contributed by atoms with Crippen molar-refractivity contribution in [3.8, 4) is 11.1 Å². The van der Waals surface area contributed by atoms with Gasteiger partial charge in [-0.25, -0.2) is 0 Å². The summed E-state index contributed by atoms with van der Waals surface area (Å²) >= 11 is 0. The molecule has 0 saturated carbocycles. The molecule has 0 unspecified atom stereocenters. The van der Waals surface area contributed by atoms with Crippen molar-refractivity contribution >= 4 is 11.4 Å². The Hall–Kier alpha value is -2.54. The van der Waals surface area contributed by atoms with E-state index < -0.39 is 0 Å². The molecule has 146 valence electrons. The minimum Gasteiger partial charge on any atom is -0.336 e. The predicted molar refractivity (Wildman–Crippen MR) is 124 cm³/mol. The molecular weight excluding hydrogens is 338 g/mol. The van der Waals surface area contributed by atoms with Crippen LogP contribution in [-0.2, 0) is 5.41 Å². The molecule has 0 radical (unpaired) electrons. The molecule has 0 saturated heterocycles. The van der Waals surface area contributed by atoms with Gasteiger partial charge in [0.1, 0.15) is 0 Å². The molecule has 3 aromatic rings. The molecule has 0 spiro atoms. The summed E-state index contributed by atoms with van der Waals surface area (Å²) in [7, 11) is 0. The topological polar surface area (TPSA) is 3.24 Å². The summed E-state index contributed by atoms with van der Waals surface area (Å²) in [4.78, 5) is 2.41. The fourth-order valence-electron chi connectivity index (χ4n) is 3.66. The molecule has 0 N–H and O–H groups in total. The summed E-state index contributed by atoms with van der Waals surface area (Å²) in [6.45, 7) is 15.7. The average molecular weight is 372 g/mol. The fourth-order valence-corrected chi connectivity index (χ4v) is 3.66. The van der Waals surface area contributed by atoms with Gasteiger partial charge in [0.2, 0.25) is 0 Å². The van der Waals surface area contributed by atoms with Crippen LogP contribution in [-0.4, -0.2) is 5.54 Å². The Morgan fingerprint density at radius 1 is 0.607 bits per heavy atom. The van der Waals surface area contributed by atoms with Gasteiger partial charge in [0, 0.05) is 16.9 Å². The van der Waals surface area contributed by atoms with E-state index in [0.29, 0.717) is 0 Å². The highest BCUT2D eigenvalue weighted by molar-refractivity contribution is 5.71. The van der Waals surface area contributed by atoms with Gasteiger partial charge in [-0.15, -0.1) is 0 Å². The van der Waals surface area contributed by atoms with E-state index in [9.17, 15) is 0 Å².